The molecule has 0 radical (unpaired) electrons. The molecule has 2 unspecified atom stereocenters. The summed E-state index contributed by atoms with van der Waals surface area (Å²) in [4.78, 5) is 31.6. The summed E-state index contributed by atoms with van der Waals surface area (Å²) in [6.07, 6.45) is 5.94. The van der Waals surface area contributed by atoms with Crippen molar-refractivity contribution in [2.45, 2.75) is 51.2 Å². The van der Waals surface area contributed by atoms with E-state index in [9.17, 15) is 14.7 Å². The van der Waals surface area contributed by atoms with E-state index < -0.39 is 12.0 Å². The van der Waals surface area contributed by atoms with Gasteiger partial charge in [-0.3, -0.25) is 14.6 Å². The van der Waals surface area contributed by atoms with Crippen LogP contribution in [-0.4, -0.2) is 45.4 Å². The highest BCUT2D eigenvalue weighted by Gasteiger charge is 2.33. The standard InChI is InChI=1S/C24H27N3O3/c1-17(14-23(29)20-5-2-19(16-25)3-6-20)24(30)27-13-10-22(28)15-21(27)7-4-18-8-11-26-12-9-18/h2-3,5-6,8-9,11-12,17,21-22,28H,4,7,10,13-15H2,1H3/t17?,21?,22-/m1/s1. The molecule has 1 saturated heterocycles. The Labute approximate surface area is 177 Å². The molecule has 3 atom stereocenters. The summed E-state index contributed by atoms with van der Waals surface area (Å²) in [5.74, 6) is -0.582. The fourth-order valence-corrected chi connectivity index (χ4v) is 3.97. The first-order chi connectivity index (χ1) is 14.5. The van der Waals surface area contributed by atoms with E-state index in [0.717, 1.165) is 18.4 Å². The van der Waals surface area contributed by atoms with Gasteiger partial charge in [-0.1, -0.05) is 19.1 Å². The number of amides is 1. The van der Waals surface area contributed by atoms with Crippen molar-refractivity contribution in [2.24, 2.45) is 5.92 Å². The van der Waals surface area contributed by atoms with E-state index in [-0.39, 0.29) is 24.2 Å². The Hall–Kier alpha value is -3.04. The summed E-state index contributed by atoms with van der Waals surface area (Å²) < 4.78 is 0. The predicted octanol–water partition coefficient (Wildman–Crippen LogP) is 3.15. The minimum atomic E-state index is -0.438. The topological polar surface area (TPSA) is 94.3 Å². The molecule has 1 amide bonds. The second kappa shape index (κ2) is 10.1. The van der Waals surface area contributed by atoms with Crippen molar-refractivity contribution in [1.29, 1.82) is 5.26 Å². The SMILES string of the molecule is CC(CC(=O)c1ccc(C#N)cc1)C(=O)N1CC[C@@H](O)CC1CCc1ccncc1. The number of hydrogen-bond donors (Lipinski definition) is 1. The Kier molecular flexibility index (Phi) is 7.31. The Bertz CT molecular complexity index is 906. The Balaban J connectivity index is 1.62. The highest BCUT2D eigenvalue weighted by atomic mass is 16.3. The number of Topliss-reactive ketones (excluding diaryl/α,β-unsaturated/α-hetero) is 1. The van der Waals surface area contributed by atoms with Crippen molar-refractivity contribution in [3.05, 3.63) is 65.5 Å². The second-order valence-electron chi connectivity index (χ2n) is 7.98. The van der Waals surface area contributed by atoms with Crippen LogP contribution in [0.15, 0.2) is 48.8 Å². The van der Waals surface area contributed by atoms with Crippen LogP contribution >= 0.6 is 0 Å². The highest BCUT2D eigenvalue weighted by molar-refractivity contribution is 5.98. The number of pyridine rings is 1. The molecule has 0 spiro atoms. The third-order valence-corrected chi connectivity index (χ3v) is 5.74. The molecule has 1 aromatic heterocycles. The number of benzene rings is 1. The molecule has 0 saturated carbocycles. The van der Waals surface area contributed by atoms with Gasteiger partial charge in [0.05, 0.1) is 17.7 Å². The Morgan fingerprint density at radius 3 is 2.60 bits per heavy atom. The van der Waals surface area contributed by atoms with Gasteiger partial charge in [-0.05, 0) is 55.5 Å². The molecule has 156 valence electrons. The summed E-state index contributed by atoms with van der Waals surface area (Å²) in [5.41, 5.74) is 2.16. The monoisotopic (exact) mass is 405 g/mol. The predicted molar refractivity (Wildman–Crippen MR) is 113 cm³/mol. The number of ketones is 1. The van der Waals surface area contributed by atoms with Crippen LogP contribution in [0.1, 0.15) is 54.1 Å². The molecule has 1 aliphatic heterocycles. The van der Waals surface area contributed by atoms with Gasteiger partial charge in [0.2, 0.25) is 5.91 Å². The smallest absolute Gasteiger partial charge is 0.226 e. The van der Waals surface area contributed by atoms with Gasteiger partial charge in [-0.2, -0.15) is 5.26 Å². The van der Waals surface area contributed by atoms with Crippen LogP contribution in [0, 0.1) is 17.2 Å². The first-order valence-electron chi connectivity index (χ1n) is 10.4. The number of aryl methyl sites for hydroxylation is 1. The van der Waals surface area contributed by atoms with Crippen LogP contribution in [0.25, 0.3) is 0 Å². The van der Waals surface area contributed by atoms with Gasteiger partial charge in [0.15, 0.2) is 5.78 Å². The number of carbonyl (C=O) groups excluding carboxylic acids is 2. The zero-order valence-electron chi connectivity index (χ0n) is 17.2. The van der Waals surface area contributed by atoms with Crippen LogP contribution in [0.3, 0.4) is 0 Å². The fraction of sp³-hybridized carbons (Fsp3) is 0.417. The van der Waals surface area contributed by atoms with E-state index in [1.54, 1.807) is 43.6 Å². The number of nitrogens with zero attached hydrogens (tertiary/aromatic N) is 3. The average molecular weight is 405 g/mol. The molecule has 1 aliphatic rings. The van der Waals surface area contributed by atoms with Crippen molar-refractivity contribution in [1.82, 2.24) is 9.88 Å². The second-order valence-corrected chi connectivity index (χ2v) is 7.98. The third-order valence-electron chi connectivity index (χ3n) is 5.74. The zero-order valence-corrected chi connectivity index (χ0v) is 17.2. The molecule has 1 N–H and O–H groups in total. The van der Waals surface area contributed by atoms with Gasteiger partial charge in [-0.15, -0.1) is 0 Å². The van der Waals surface area contributed by atoms with Crippen LogP contribution in [0.2, 0.25) is 0 Å². The number of rotatable bonds is 7. The van der Waals surface area contributed by atoms with E-state index >= 15 is 0 Å². The summed E-state index contributed by atoms with van der Waals surface area (Å²) >= 11 is 0. The van der Waals surface area contributed by atoms with Crippen molar-refractivity contribution < 1.29 is 14.7 Å². The molecule has 1 aromatic carbocycles. The van der Waals surface area contributed by atoms with Crippen LogP contribution < -0.4 is 0 Å². The van der Waals surface area contributed by atoms with Crippen LogP contribution in [-0.2, 0) is 11.2 Å². The molecule has 6 nitrogen and oxygen atoms in total. The molecule has 2 heterocycles. The molecular weight excluding hydrogens is 378 g/mol. The lowest BCUT2D eigenvalue weighted by atomic mass is 9.91. The zero-order chi connectivity index (χ0) is 21.5. The molecule has 3 rings (SSSR count). The lowest BCUT2D eigenvalue weighted by Gasteiger charge is -2.39. The van der Waals surface area contributed by atoms with Crippen molar-refractivity contribution in [3.8, 4) is 6.07 Å². The molecule has 30 heavy (non-hydrogen) atoms. The minimum Gasteiger partial charge on any atom is -0.393 e. The van der Waals surface area contributed by atoms with Crippen LogP contribution in [0.4, 0.5) is 0 Å². The van der Waals surface area contributed by atoms with Gasteiger partial charge in [0, 0.05) is 42.9 Å². The summed E-state index contributed by atoms with van der Waals surface area (Å²) in [5, 5.41) is 19.0. The molecule has 2 aromatic rings. The maximum Gasteiger partial charge on any atom is 0.226 e. The first-order valence-corrected chi connectivity index (χ1v) is 10.4. The van der Waals surface area contributed by atoms with E-state index in [2.05, 4.69) is 4.98 Å². The van der Waals surface area contributed by atoms with Gasteiger partial charge >= 0.3 is 0 Å². The molecular formula is C24H27N3O3. The molecule has 6 heteroatoms. The summed E-state index contributed by atoms with van der Waals surface area (Å²) in [7, 11) is 0. The average Bonchev–Trinajstić information content (AvgIpc) is 2.78. The van der Waals surface area contributed by atoms with Gasteiger partial charge in [-0.25, -0.2) is 0 Å². The quantitative estimate of drug-likeness (QED) is 0.714. The van der Waals surface area contributed by atoms with Gasteiger partial charge in [0.1, 0.15) is 0 Å². The number of carbonyl (C=O) groups is 2. The lowest BCUT2D eigenvalue weighted by Crippen LogP contribution is -2.49. The van der Waals surface area contributed by atoms with E-state index in [1.807, 2.05) is 23.1 Å². The number of aliphatic hydroxyl groups is 1. The Morgan fingerprint density at radius 1 is 1.23 bits per heavy atom. The number of aromatic nitrogens is 1. The number of piperidine rings is 1. The van der Waals surface area contributed by atoms with Crippen LogP contribution in [0.5, 0.6) is 0 Å². The number of nitriles is 1. The number of hydrogen-bond acceptors (Lipinski definition) is 5. The van der Waals surface area contributed by atoms with Crippen molar-refractivity contribution in [3.63, 3.8) is 0 Å². The fourth-order valence-electron chi connectivity index (χ4n) is 3.97. The molecule has 0 bridgehead atoms. The van der Waals surface area contributed by atoms with Gasteiger partial charge < -0.3 is 10.0 Å². The lowest BCUT2D eigenvalue weighted by molar-refractivity contribution is -0.140. The number of aliphatic hydroxyl groups excluding tert-OH is 1. The highest BCUT2D eigenvalue weighted by Crippen LogP contribution is 2.25. The largest absolute Gasteiger partial charge is 0.393 e. The summed E-state index contributed by atoms with van der Waals surface area (Å²) in [6.45, 7) is 2.30. The van der Waals surface area contributed by atoms with E-state index in [1.165, 1.54) is 0 Å². The first kappa shape index (κ1) is 21.7. The summed E-state index contributed by atoms with van der Waals surface area (Å²) in [6, 6.07) is 12.4. The maximum atomic E-state index is 13.1. The normalized spacial score (nSPS) is 19.7. The maximum absolute atomic E-state index is 13.1. The Morgan fingerprint density at radius 2 is 1.93 bits per heavy atom. The molecule has 0 aliphatic carbocycles. The van der Waals surface area contributed by atoms with Gasteiger partial charge in [0.25, 0.3) is 0 Å². The van der Waals surface area contributed by atoms with Crippen molar-refractivity contribution in [2.75, 3.05) is 6.54 Å². The van der Waals surface area contributed by atoms with E-state index in [0.29, 0.717) is 30.5 Å². The third kappa shape index (κ3) is 5.52. The van der Waals surface area contributed by atoms with Crippen molar-refractivity contribution >= 4 is 11.7 Å². The van der Waals surface area contributed by atoms with E-state index in [4.69, 9.17) is 5.26 Å². The molecule has 1 fully saturated rings. The number of likely N-dealkylation sites (tertiary alicyclic amines) is 1. The minimum absolute atomic E-state index is 0.0383.